The first kappa shape index (κ1) is 13.5. The maximum Gasteiger partial charge on any atom is 0.177 e. The number of nitrogens with zero attached hydrogens (tertiary/aromatic N) is 3. The first-order valence-corrected chi connectivity index (χ1v) is 6.94. The number of aryl methyl sites for hydroxylation is 2. The molecule has 0 radical (unpaired) electrons. The van der Waals surface area contributed by atoms with Crippen LogP contribution in [0.1, 0.15) is 19.0 Å². The molecule has 0 saturated heterocycles. The molecule has 0 unspecified atom stereocenters. The normalized spacial score (nSPS) is 11.2. The number of phenolic OH excluding ortho intramolecular Hbond substituents is 1. The molecule has 2 heterocycles. The van der Waals surface area contributed by atoms with Gasteiger partial charge in [0.1, 0.15) is 22.8 Å². The minimum atomic E-state index is 0.167. The van der Waals surface area contributed by atoms with Gasteiger partial charge in [-0.05, 0) is 31.5 Å². The molecule has 0 aliphatic rings. The molecular weight excluding hydrogens is 268 g/mol. The number of hydrogen-bond acceptors (Lipinski definition) is 4. The molecular formula is C15H18N4O2. The molecule has 6 heteroatoms. The Morgan fingerprint density at radius 1 is 1.38 bits per heavy atom. The van der Waals surface area contributed by atoms with Crippen molar-refractivity contribution in [3.63, 3.8) is 0 Å². The summed E-state index contributed by atoms with van der Waals surface area (Å²) in [5.74, 6) is 1.46. The van der Waals surface area contributed by atoms with Crippen LogP contribution in [0.4, 0.5) is 0 Å². The van der Waals surface area contributed by atoms with Gasteiger partial charge < -0.3 is 14.8 Å². The maximum atomic E-state index is 10.1. The molecule has 110 valence electrons. The Kier molecular flexibility index (Phi) is 3.29. The lowest BCUT2D eigenvalue weighted by Gasteiger charge is -2.04. The Bertz CT molecular complexity index is 788. The number of hydrogen-bond donors (Lipinski definition) is 2. The summed E-state index contributed by atoms with van der Waals surface area (Å²) >= 11 is 0. The highest BCUT2D eigenvalue weighted by molar-refractivity contribution is 5.80. The third-order valence-electron chi connectivity index (χ3n) is 3.46. The molecule has 3 aromatic rings. The fraction of sp³-hybridized carbons (Fsp3) is 0.333. The number of H-pyrrole nitrogens is 1. The number of aromatic nitrogens is 4. The average Bonchev–Trinajstić information content (AvgIpc) is 3.02. The van der Waals surface area contributed by atoms with Crippen molar-refractivity contribution in [2.75, 3.05) is 7.11 Å². The van der Waals surface area contributed by atoms with Crippen LogP contribution in [0.15, 0.2) is 18.2 Å². The zero-order chi connectivity index (χ0) is 15.0. The molecule has 0 spiro atoms. The summed E-state index contributed by atoms with van der Waals surface area (Å²) in [6.45, 7) is 4.87. The Morgan fingerprint density at radius 3 is 2.90 bits per heavy atom. The number of fused-ring (bicyclic) bond motifs is 1. The Hall–Kier alpha value is -2.50. The van der Waals surface area contributed by atoms with Gasteiger partial charge in [-0.25, -0.2) is 9.67 Å². The summed E-state index contributed by atoms with van der Waals surface area (Å²) in [5, 5.41) is 14.5. The van der Waals surface area contributed by atoms with Crippen LogP contribution in [0.5, 0.6) is 11.5 Å². The first-order valence-electron chi connectivity index (χ1n) is 6.94. The molecule has 0 fully saturated rings. The predicted molar refractivity (Wildman–Crippen MR) is 80.6 cm³/mol. The fourth-order valence-corrected chi connectivity index (χ4v) is 2.41. The maximum absolute atomic E-state index is 10.1. The third kappa shape index (κ3) is 2.22. The highest BCUT2D eigenvalue weighted by Crippen LogP contribution is 2.32. The van der Waals surface area contributed by atoms with Crippen molar-refractivity contribution in [1.29, 1.82) is 0 Å². The summed E-state index contributed by atoms with van der Waals surface area (Å²) in [7, 11) is 1.60. The van der Waals surface area contributed by atoms with Gasteiger partial charge in [0.25, 0.3) is 0 Å². The lowest BCUT2D eigenvalue weighted by Crippen LogP contribution is -1.99. The minimum absolute atomic E-state index is 0.167. The Morgan fingerprint density at radius 2 is 2.19 bits per heavy atom. The van der Waals surface area contributed by atoms with Gasteiger partial charge in [0.15, 0.2) is 5.65 Å². The first-order chi connectivity index (χ1) is 10.1. The van der Waals surface area contributed by atoms with Gasteiger partial charge in [-0.2, -0.15) is 5.10 Å². The molecule has 1 aromatic carbocycles. The highest BCUT2D eigenvalue weighted by Gasteiger charge is 2.16. The summed E-state index contributed by atoms with van der Waals surface area (Å²) < 4.78 is 7.09. The van der Waals surface area contributed by atoms with Crippen molar-refractivity contribution < 1.29 is 9.84 Å². The number of rotatable bonds is 4. The van der Waals surface area contributed by atoms with E-state index in [2.05, 4.69) is 22.0 Å². The van der Waals surface area contributed by atoms with Crippen molar-refractivity contribution in [3.8, 4) is 22.9 Å². The number of aromatic amines is 1. The van der Waals surface area contributed by atoms with Crippen LogP contribution in [0.25, 0.3) is 22.6 Å². The lowest BCUT2D eigenvalue weighted by molar-refractivity contribution is 0.412. The van der Waals surface area contributed by atoms with Gasteiger partial charge in [0, 0.05) is 6.54 Å². The van der Waals surface area contributed by atoms with E-state index in [9.17, 15) is 5.11 Å². The quantitative estimate of drug-likeness (QED) is 0.773. The van der Waals surface area contributed by atoms with Gasteiger partial charge in [-0.1, -0.05) is 6.92 Å². The van der Waals surface area contributed by atoms with E-state index >= 15 is 0 Å². The molecule has 2 N–H and O–H groups in total. The smallest absolute Gasteiger partial charge is 0.177 e. The summed E-state index contributed by atoms with van der Waals surface area (Å²) in [4.78, 5) is 7.83. The van der Waals surface area contributed by atoms with Crippen molar-refractivity contribution in [3.05, 3.63) is 23.9 Å². The fourth-order valence-electron chi connectivity index (χ4n) is 2.41. The van der Waals surface area contributed by atoms with E-state index in [-0.39, 0.29) is 5.75 Å². The van der Waals surface area contributed by atoms with Gasteiger partial charge in [-0.15, -0.1) is 0 Å². The van der Waals surface area contributed by atoms with Crippen LogP contribution in [0.3, 0.4) is 0 Å². The Labute approximate surface area is 122 Å². The van der Waals surface area contributed by atoms with Crippen LogP contribution < -0.4 is 4.74 Å². The van der Waals surface area contributed by atoms with E-state index in [1.165, 1.54) is 0 Å². The molecule has 0 amide bonds. The lowest BCUT2D eigenvalue weighted by atomic mass is 10.2. The van der Waals surface area contributed by atoms with E-state index in [0.29, 0.717) is 17.1 Å². The zero-order valence-electron chi connectivity index (χ0n) is 12.3. The molecule has 0 bridgehead atoms. The van der Waals surface area contributed by atoms with Gasteiger partial charge in [0.05, 0.1) is 18.4 Å². The van der Waals surface area contributed by atoms with Gasteiger partial charge in [-0.3, -0.25) is 0 Å². The zero-order valence-corrected chi connectivity index (χ0v) is 12.3. The molecule has 0 aliphatic carbocycles. The molecule has 2 aromatic heterocycles. The van der Waals surface area contributed by atoms with Crippen molar-refractivity contribution >= 4 is 11.2 Å². The molecule has 0 aliphatic heterocycles. The monoisotopic (exact) mass is 286 g/mol. The number of ether oxygens (including phenoxy) is 1. The van der Waals surface area contributed by atoms with Crippen LogP contribution in [0, 0.1) is 6.92 Å². The van der Waals surface area contributed by atoms with Crippen LogP contribution in [-0.2, 0) is 6.54 Å². The molecule has 6 nitrogen and oxygen atoms in total. The van der Waals surface area contributed by atoms with E-state index in [0.717, 1.165) is 29.8 Å². The summed E-state index contributed by atoms with van der Waals surface area (Å²) in [6, 6.07) is 5.08. The second-order valence-corrected chi connectivity index (χ2v) is 4.98. The van der Waals surface area contributed by atoms with Crippen LogP contribution >= 0.6 is 0 Å². The second kappa shape index (κ2) is 5.12. The number of imidazole rings is 1. The van der Waals surface area contributed by atoms with Crippen molar-refractivity contribution in [2.45, 2.75) is 26.8 Å². The van der Waals surface area contributed by atoms with Crippen LogP contribution in [-0.4, -0.2) is 32.0 Å². The predicted octanol–water partition coefficient (Wildman–Crippen LogP) is 2.86. The van der Waals surface area contributed by atoms with E-state index in [4.69, 9.17) is 4.74 Å². The van der Waals surface area contributed by atoms with Gasteiger partial charge >= 0.3 is 0 Å². The minimum Gasteiger partial charge on any atom is -0.507 e. The molecule has 0 atom stereocenters. The summed E-state index contributed by atoms with van der Waals surface area (Å²) in [6.07, 6.45) is 0.989. The number of methoxy groups -OCH3 is 1. The van der Waals surface area contributed by atoms with Crippen molar-refractivity contribution in [1.82, 2.24) is 19.7 Å². The van der Waals surface area contributed by atoms with Crippen molar-refractivity contribution in [2.24, 2.45) is 0 Å². The topological polar surface area (TPSA) is 76.0 Å². The molecule has 0 saturated carbocycles. The average molecular weight is 286 g/mol. The third-order valence-corrected chi connectivity index (χ3v) is 3.46. The van der Waals surface area contributed by atoms with Gasteiger partial charge in [0.2, 0.25) is 0 Å². The number of phenols is 1. The standard InChI is InChI=1S/C15H18N4O2/c1-4-7-19-15-13(9(2)18-19)16-14(17-15)11-8-10(21-3)5-6-12(11)20/h5-6,8,20H,4,7H2,1-3H3,(H,16,17). The Balaban J connectivity index is 2.15. The number of nitrogens with one attached hydrogen (secondary N) is 1. The summed E-state index contributed by atoms with van der Waals surface area (Å²) in [5.41, 5.74) is 3.24. The molecule has 3 rings (SSSR count). The number of aromatic hydroxyl groups is 1. The second-order valence-electron chi connectivity index (χ2n) is 4.98. The van der Waals surface area contributed by atoms with E-state index in [1.807, 2.05) is 11.6 Å². The number of benzene rings is 1. The van der Waals surface area contributed by atoms with Crippen LogP contribution in [0.2, 0.25) is 0 Å². The highest BCUT2D eigenvalue weighted by atomic mass is 16.5. The van der Waals surface area contributed by atoms with E-state index in [1.54, 1.807) is 25.3 Å². The molecule has 21 heavy (non-hydrogen) atoms. The SMILES string of the molecule is CCCn1nc(C)c2[nH]c(-c3cc(OC)ccc3O)nc21. The largest absolute Gasteiger partial charge is 0.507 e. The van der Waals surface area contributed by atoms with E-state index < -0.39 is 0 Å².